The standard InChI is InChI=1S/C14H9ClN4O3/c15-13-4-1-9(6-16-13)7-18-8-17-12-3-2-10(19(21)22)5-11(12)14(18)20/h1-6,8H,7H2. The molecule has 0 bridgehead atoms. The first kappa shape index (κ1) is 14.2. The number of benzene rings is 1. The lowest BCUT2D eigenvalue weighted by atomic mass is 10.2. The quantitative estimate of drug-likeness (QED) is 0.420. The summed E-state index contributed by atoms with van der Waals surface area (Å²) in [5.74, 6) is 0. The molecule has 0 aliphatic heterocycles. The normalized spacial score (nSPS) is 10.8. The van der Waals surface area contributed by atoms with Crippen molar-refractivity contribution in [2.75, 3.05) is 0 Å². The van der Waals surface area contributed by atoms with Crippen LogP contribution in [0.15, 0.2) is 47.7 Å². The van der Waals surface area contributed by atoms with Crippen LogP contribution < -0.4 is 5.56 Å². The number of fused-ring (bicyclic) bond motifs is 1. The van der Waals surface area contributed by atoms with Crippen LogP contribution in [0.4, 0.5) is 5.69 Å². The highest BCUT2D eigenvalue weighted by Crippen LogP contribution is 2.16. The number of hydrogen-bond acceptors (Lipinski definition) is 5. The first-order valence-corrected chi connectivity index (χ1v) is 6.66. The third kappa shape index (κ3) is 2.66. The van der Waals surface area contributed by atoms with E-state index in [0.29, 0.717) is 10.7 Å². The molecule has 3 aromatic rings. The second-order valence-electron chi connectivity index (χ2n) is 4.63. The van der Waals surface area contributed by atoms with Gasteiger partial charge in [0.15, 0.2) is 0 Å². The van der Waals surface area contributed by atoms with Gasteiger partial charge in [-0.15, -0.1) is 0 Å². The van der Waals surface area contributed by atoms with E-state index in [9.17, 15) is 14.9 Å². The minimum Gasteiger partial charge on any atom is -0.294 e. The molecule has 0 N–H and O–H groups in total. The number of hydrogen-bond donors (Lipinski definition) is 0. The van der Waals surface area contributed by atoms with Gasteiger partial charge < -0.3 is 0 Å². The number of pyridine rings is 1. The molecule has 0 spiro atoms. The van der Waals surface area contributed by atoms with E-state index in [-0.39, 0.29) is 23.2 Å². The average molecular weight is 317 g/mol. The number of non-ortho nitro benzene ring substituents is 1. The van der Waals surface area contributed by atoms with Crippen molar-refractivity contribution in [3.63, 3.8) is 0 Å². The minimum atomic E-state index is -0.542. The SMILES string of the molecule is O=c1c2cc([N+](=O)[O-])ccc2ncn1Cc1ccc(Cl)nc1. The second-order valence-corrected chi connectivity index (χ2v) is 5.01. The Bertz CT molecular complexity index is 922. The van der Waals surface area contributed by atoms with Gasteiger partial charge in [-0.3, -0.25) is 19.5 Å². The Morgan fingerprint density at radius 2 is 2.05 bits per heavy atom. The van der Waals surface area contributed by atoms with E-state index in [4.69, 9.17) is 11.6 Å². The maximum atomic E-state index is 12.4. The topological polar surface area (TPSA) is 90.9 Å². The summed E-state index contributed by atoms with van der Waals surface area (Å²) < 4.78 is 1.37. The van der Waals surface area contributed by atoms with Crippen LogP contribution in [-0.2, 0) is 6.54 Å². The molecule has 22 heavy (non-hydrogen) atoms. The summed E-state index contributed by atoms with van der Waals surface area (Å²) in [6.07, 6.45) is 2.97. The fourth-order valence-corrected chi connectivity index (χ4v) is 2.18. The highest BCUT2D eigenvalue weighted by atomic mass is 35.5. The number of halogens is 1. The third-order valence-electron chi connectivity index (χ3n) is 3.16. The van der Waals surface area contributed by atoms with Crippen LogP contribution >= 0.6 is 11.6 Å². The third-order valence-corrected chi connectivity index (χ3v) is 3.38. The molecule has 0 aliphatic carbocycles. The molecule has 0 saturated carbocycles. The Morgan fingerprint density at radius 1 is 1.23 bits per heavy atom. The van der Waals surface area contributed by atoms with Crippen molar-refractivity contribution in [1.82, 2.24) is 14.5 Å². The molecule has 0 fully saturated rings. The van der Waals surface area contributed by atoms with Crippen LogP contribution in [0.5, 0.6) is 0 Å². The van der Waals surface area contributed by atoms with Crippen molar-refractivity contribution < 1.29 is 4.92 Å². The van der Waals surface area contributed by atoms with Gasteiger partial charge in [-0.05, 0) is 17.7 Å². The zero-order valence-electron chi connectivity index (χ0n) is 11.1. The zero-order valence-corrected chi connectivity index (χ0v) is 11.9. The predicted octanol–water partition coefficient (Wildman–Crippen LogP) is 2.40. The smallest absolute Gasteiger partial charge is 0.270 e. The Kier molecular flexibility index (Phi) is 3.56. The molecule has 110 valence electrons. The van der Waals surface area contributed by atoms with Crippen LogP contribution in [0, 0.1) is 10.1 Å². The number of nitro benzene ring substituents is 1. The Balaban J connectivity index is 2.07. The Morgan fingerprint density at radius 3 is 2.73 bits per heavy atom. The predicted molar refractivity (Wildman–Crippen MR) is 81.0 cm³/mol. The molecular weight excluding hydrogens is 308 g/mol. The van der Waals surface area contributed by atoms with Gasteiger partial charge in [-0.25, -0.2) is 9.97 Å². The van der Waals surface area contributed by atoms with Gasteiger partial charge in [-0.2, -0.15) is 0 Å². The maximum Gasteiger partial charge on any atom is 0.270 e. The van der Waals surface area contributed by atoms with Crippen molar-refractivity contribution in [1.29, 1.82) is 0 Å². The summed E-state index contributed by atoms with van der Waals surface area (Å²) in [4.78, 5) is 30.8. The number of rotatable bonds is 3. The van der Waals surface area contributed by atoms with E-state index in [2.05, 4.69) is 9.97 Å². The Labute approximate surface area is 129 Å². The molecule has 3 rings (SSSR count). The van der Waals surface area contributed by atoms with Crippen molar-refractivity contribution >= 4 is 28.2 Å². The van der Waals surface area contributed by atoms with Crippen molar-refractivity contribution in [2.24, 2.45) is 0 Å². The van der Waals surface area contributed by atoms with Crippen LogP contribution in [-0.4, -0.2) is 19.5 Å². The van der Waals surface area contributed by atoms with E-state index in [0.717, 1.165) is 5.56 Å². The molecule has 0 aliphatic rings. The van der Waals surface area contributed by atoms with E-state index in [1.54, 1.807) is 18.3 Å². The first-order chi connectivity index (χ1) is 10.5. The molecule has 1 aromatic carbocycles. The molecular formula is C14H9ClN4O3. The number of nitrogens with zero attached hydrogens (tertiary/aromatic N) is 4. The van der Waals surface area contributed by atoms with E-state index >= 15 is 0 Å². The fourth-order valence-electron chi connectivity index (χ4n) is 2.07. The van der Waals surface area contributed by atoms with Gasteiger partial charge >= 0.3 is 0 Å². The monoisotopic (exact) mass is 316 g/mol. The van der Waals surface area contributed by atoms with Crippen LogP contribution in [0.2, 0.25) is 5.15 Å². The molecule has 0 saturated heterocycles. The van der Waals surface area contributed by atoms with E-state index in [1.807, 2.05) is 0 Å². The van der Waals surface area contributed by atoms with Gasteiger partial charge in [0.05, 0.1) is 28.7 Å². The van der Waals surface area contributed by atoms with Gasteiger partial charge in [0, 0.05) is 18.3 Å². The van der Waals surface area contributed by atoms with Crippen molar-refractivity contribution in [3.05, 3.63) is 74.0 Å². The lowest BCUT2D eigenvalue weighted by molar-refractivity contribution is -0.384. The lowest BCUT2D eigenvalue weighted by Gasteiger charge is -2.06. The summed E-state index contributed by atoms with van der Waals surface area (Å²) in [6.45, 7) is 0.259. The first-order valence-electron chi connectivity index (χ1n) is 6.28. The van der Waals surface area contributed by atoms with Gasteiger partial charge in [0.25, 0.3) is 11.2 Å². The van der Waals surface area contributed by atoms with Gasteiger partial charge in [0.1, 0.15) is 5.15 Å². The summed E-state index contributed by atoms with van der Waals surface area (Å²) in [6, 6.07) is 7.40. The molecule has 7 nitrogen and oxygen atoms in total. The molecule has 2 heterocycles. The van der Waals surface area contributed by atoms with Crippen LogP contribution in [0.25, 0.3) is 10.9 Å². The van der Waals surface area contributed by atoms with Gasteiger partial charge in [-0.1, -0.05) is 17.7 Å². The summed E-state index contributed by atoms with van der Waals surface area (Å²) in [7, 11) is 0. The Hall–Kier alpha value is -2.80. The molecule has 0 unspecified atom stereocenters. The van der Waals surface area contributed by atoms with Crippen LogP contribution in [0.3, 0.4) is 0 Å². The molecule has 0 amide bonds. The lowest BCUT2D eigenvalue weighted by Crippen LogP contribution is -2.21. The fraction of sp³-hybridized carbons (Fsp3) is 0.0714. The summed E-state index contributed by atoms with van der Waals surface area (Å²) in [5, 5.41) is 11.4. The van der Waals surface area contributed by atoms with Crippen molar-refractivity contribution in [2.45, 2.75) is 6.54 Å². The van der Waals surface area contributed by atoms with Crippen molar-refractivity contribution in [3.8, 4) is 0 Å². The minimum absolute atomic E-state index is 0.141. The second kappa shape index (κ2) is 5.53. The molecule has 0 atom stereocenters. The molecule has 8 heteroatoms. The van der Waals surface area contributed by atoms with E-state index in [1.165, 1.54) is 29.1 Å². The van der Waals surface area contributed by atoms with Gasteiger partial charge in [0.2, 0.25) is 0 Å². The highest BCUT2D eigenvalue weighted by Gasteiger charge is 2.11. The summed E-state index contributed by atoms with van der Waals surface area (Å²) in [5.41, 5.74) is 0.708. The average Bonchev–Trinajstić information content (AvgIpc) is 2.52. The van der Waals surface area contributed by atoms with E-state index < -0.39 is 4.92 Å². The number of nitro groups is 1. The molecule has 2 aromatic heterocycles. The maximum absolute atomic E-state index is 12.4. The largest absolute Gasteiger partial charge is 0.294 e. The number of aromatic nitrogens is 3. The summed E-state index contributed by atoms with van der Waals surface area (Å²) >= 11 is 5.72. The van der Waals surface area contributed by atoms with Crippen LogP contribution in [0.1, 0.15) is 5.56 Å². The highest BCUT2D eigenvalue weighted by molar-refractivity contribution is 6.29. The molecule has 0 radical (unpaired) electrons. The zero-order chi connectivity index (χ0) is 15.7.